The van der Waals surface area contributed by atoms with Crippen LogP contribution in [0.4, 0.5) is 5.95 Å². The second kappa shape index (κ2) is 2.85. The van der Waals surface area contributed by atoms with Gasteiger partial charge in [0.05, 0.1) is 11.0 Å². The Kier molecular flexibility index (Phi) is 1.70. The molecule has 1 heterocycles. The van der Waals surface area contributed by atoms with Crippen molar-refractivity contribution in [3.05, 3.63) is 30.8 Å². The van der Waals surface area contributed by atoms with E-state index in [1.165, 1.54) is 0 Å². The molecule has 0 aliphatic heterocycles. The van der Waals surface area contributed by atoms with Gasteiger partial charge in [-0.3, -0.25) is 0 Å². The number of hydrogen-bond donors (Lipinski definition) is 2. The molecule has 0 spiro atoms. The van der Waals surface area contributed by atoms with E-state index >= 15 is 0 Å². The Morgan fingerprint density at radius 1 is 1.42 bits per heavy atom. The fraction of sp³-hybridized carbons (Fsp3) is 0.111. The number of anilines is 1. The Bertz CT molecular complexity index is 345. The summed E-state index contributed by atoms with van der Waals surface area (Å²) in [6, 6.07) is 7.94. The zero-order valence-corrected chi connectivity index (χ0v) is 6.83. The summed E-state index contributed by atoms with van der Waals surface area (Å²) in [6.45, 7) is 3.77. The van der Waals surface area contributed by atoms with Crippen LogP contribution >= 0.6 is 0 Å². The van der Waals surface area contributed by atoms with Crippen LogP contribution in [0.2, 0.25) is 0 Å². The highest BCUT2D eigenvalue weighted by Gasteiger charge is 1.98. The number of para-hydroxylation sites is 2. The second-order valence-corrected chi connectivity index (χ2v) is 2.54. The Labute approximate surface area is 70.8 Å². The molecule has 2 rings (SSSR count). The van der Waals surface area contributed by atoms with E-state index in [0.29, 0.717) is 0 Å². The topological polar surface area (TPSA) is 40.7 Å². The summed E-state index contributed by atoms with van der Waals surface area (Å²) in [6.07, 6.45) is 0. The molecule has 12 heavy (non-hydrogen) atoms. The molecule has 0 atom stereocenters. The van der Waals surface area contributed by atoms with Gasteiger partial charge in [0, 0.05) is 6.54 Å². The molecule has 0 aliphatic rings. The average Bonchev–Trinajstić information content (AvgIpc) is 2.47. The van der Waals surface area contributed by atoms with Crippen molar-refractivity contribution in [2.75, 3.05) is 5.32 Å². The number of imidazole rings is 1. The third kappa shape index (κ3) is 1.13. The maximum Gasteiger partial charge on any atom is 0.201 e. The smallest absolute Gasteiger partial charge is 0.201 e. The minimum Gasteiger partial charge on any atom is -0.351 e. The van der Waals surface area contributed by atoms with Crippen molar-refractivity contribution in [1.82, 2.24) is 9.97 Å². The van der Waals surface area contributed by atoms with Gasteiger partial charge in [0.1, 0.15) is 0 Å². The Hall–Kier alpha value is -1.51. The van der Waals surface area contributed by atoms with E-state index in [0.717, 1.165) is 17.0 Å². The number of benzene rings is 1. The van der Waals surface area contributed by atoms with Crippen LogP contribution in [0.1, 0.15) is 6.92 Å². The molecule has 0 aliphatic carbocycles. The highest BCUT2D eigenvalue weighted by atomic mass is 15.1. The number of rotatable bonds is 2. The van der Waals surface area contributed by atoms with Crippen molar-refractivity contribution in [3.8, 4) is 0 Å². The van der Waals surface area contributed by atoms with Gasteiger partial charge in [0.2, 0.25) is 5.95 Å². The van der Waals surface area contributed by atoms with Crippen LogP contribution in [-0.4, -0.2) is 9.97 Å². The van der Waals surface area contributed by atoms with Crippen molar-refractivity contribution in [1.29, 1.82) is 0 Å². The van der Waals surface area contributed by atoms with Crippen molar-refractivity contribution >= 4 is 17.0 Å². The molecule has 0 amide bonds. The summed E-state index contributed by atoms with van der Waals surface area (Å²) in [5, 5.41) is 3.01. The van der Waals surface area contributed by atoms with Gasteiger partial charge in [-0.05, 0) is 19.1 Å². The standard InChI is InChI=1S/C9H10N3/c1-2-10-9-11-7-5-3-4-6-8(7)12-9/h2-6H,1H3,(H2,10,11,12). The van der Waals surface area contributed by atoms with Crippen LogP contribution in [0, 0.1) is 6.54 Å². The zero-order valence-electron chi connectivity index (χ0n) is 6.83. The molecular formula is C9H10N3. The van der Waals surface area contributed by atoms with Crippen LogP contribution in [0.15, 0.2) is 24.3 Å². The van der Waals surface area contributed by atoms with Crippen molar-refractivity contribution < 1.29 is 0 Å². The number of aromatic amines is 1. The maximum atomic E-state index is 4.30. The maximum absolute atomic E-state index is 4.30. The quantitative estimate of drug-likeness (QED) is 0.706. The van der Waals surface area contributed by atoms with E-state index in [9.17, 15) is 0 Å². The third-order valence-corrected chi connectivity index (χ3v) is 1.67. The molecule has 0 saturated carbocycles. The Morgan fingerprint density at radius 3 is 3.00 bits per heavy atom. The lowest BCUT2D eigenvalue weighted by Gasteiger charge is -1.92. The van der Waals surface area contributed by atoms with Gasteiger partial charge in [-0.1, -0.05) is 12.1 Å². The fourth-order valence-corrected chi connectivity index (χ4v) is 1.16. The van der Waals surface area contributed by atoms with Gasteiger partial charge in [0.15, 0.2) is 0 Å². The molecule has 0 bridgehead atoms. The predicted molar refractivity (Wildman–Crippen MR) is 49.7 cm³/mol. The lowest BCUT2D eigenvalue weighted by molar-refractivity contribution is 1.25. The van der Waals surface area contributed by atoms with E-state index < -0.39 is 0 Å². The molecule has 1 aromatic carbocycles. The van der Waals surface area contributed by atoms with Crippen LogP contribution in [-0.2, 0) is 0 Å². The number of aromatic nitrogens is 2. The number of hydrogen-bond acceptors (Lipinski definition) is 2. The molecule has 2 aromatic rings. The largest absolute Gasteiger partial charge is 0.351 e. The summed E-state index contributed by atoms with van der Waals surface area (Å²) in [5.74, 6) is 0.790. The van der Waals surface area contributed by atoms with E-state index in [1.807, 2.05) is 37.7 Å². The average molecular weight is 160 g/mol. The van der Waals surface area contributed by atoms with E-state index in [-0.39, 0.29) is 0 Å². The molecule has 61 valence electrons. The van der Waals surface area contributed by atoms with Crippen LogP contribution in [0.3, 0.4) is 0 Å². The first-order valence-electron chi connectivity index (χ1n) is 3.89. The molecule has 3 nitrogen and oxygen atoms in total. The Balaban J connectivity index is 2.47. The molecule has 3 heteroatoms. The number of fused-ring (bicyclic) bond motifs is 1. The summed E-state index contributed by atoms with van der Waals surface area (Å²) >= 11 is 0. The summed E-state index contributed by atoms with van der Waals surface area (Å²) < 4.78 is 0. The first kappa shape index (κ1) is 7.16. The fourth-order valence-electron chi connectivity index (χ4n) is 1.16. The lowest BCUT2D eigenvalue weighted by atomic mass is 10.3. The minimum atomic E-state index is 0.790. The summed E-state index contributed by atoms with van der Waals surface area (Å²) in [5.41, 5.74) is 2.05. The Morgan fingerprint density at radius 2 is 2.25 bits per heavy atom. The highest BCUT2D eigenvalue weighted by Crippen LogP contribution is 2.12. The van der Waals surface area contributed by atoms with Gasteiger partial charge in [-0.15, -0.1) is 0 Å². The number of nitrogens with one attached hydrogen (secondary N) is 2. The first-order valence-corrected chi connectivity index (χ1v) is 3.89. The van der Waals surface area contributed by atoms with Gasteiger partial charge in [-0.2, -0.15) is 0 Å². The lowest BCUT2D eigenvalue weighted by Crippen LogP contribution is -1.91. The van der Waals surface area contributed by atoms with Crippen molar-refractivity contribution in [2.45, 2.75) is 6.92 Å². The molecule has 0 saturated heterocycles. The van der Waals surface area contributed by atoms with Crippen LogP contribution < -0.4 is 5.32 Å². The monoisotopic (exact) mass is 160 g/mol. The SMILES string of the molecule is C[CH]Nc1nc2ccccc2[nH]1. The molecule has 1 radical (unpaired) electrons. The predicted octanol–water partition coefficient (Wildman–Crippen LogP) is 2.16. The molecular weight excluding hydrogens is 150 g/mol. The number of nitrogens with zero attached hydrogens (tertiary/aromatic N) is 1. The van der Waals surface area contributed by atoms with E-state index in [1.54, 1.807) is 0 Å². The summed E-state index contributed by atoms with van der Waals surface area (Å²) in [4.78, 5) is 7.45. The molecule has 0 fully saturated rings. The van der Waals surface area contributed by atoms with Gasteiger partial charge >= 0.3 is 0 Å². The van der Waals surface area contributed by atoms with E-state index in [4.69, 9.17) is 0 Å². The van der Waals surface area contributed by atoms with Crippen molar-refractivity contribution in [2.24, 2.45) is 0 Å². The van der Waals surface area contributed by atoms with Crippen LogP contribution in [0.25, 0.3) is 11.0 Å². The molecule has 1 aromatic heterocycles. The van der Waals surface area contributed by atoms with Crippen molar-refractivity contribution in [3.63, 3.8) is 0 Å². The van der Waals surface area contributed by atoms with E-state index in [2.05, 4.69) is 15.3 Å². The number of H-pyrrole nitrogens is 1. The minimum absolute atomic E-state index is 0.790. The van der Waals surface area contributed by atoms with Gasteiger partial charge < -0.3 is 10.3 Å². The normalized spacial score (nSPS) is 10.4. The zero-order chi connectivity index (χ0) is 8.39. The summed E-state index contributed by atoms with van der Waals surface area (Å²) in [7, 11) is 0. The molecule has 2 N–H and O–H groups in total. The second-order valence-electron chi connectivity index (χ2n) is 2.54. The first-order chi connectivity index (χ1) is 5.90. The molecule has 0 unspecified atom stereocenters. The highest BCUT2D eigenvalue weighted by molar-refractivity contribution is 5.77. The van der Waals surface area contributed by atoms with Crippen LogP contribution in [0.5, 0.6) is 0 Å². The van der Waals surface area contributed by atoms with Gasteiger partial charge in [0.25, 0.3) is 0 Å². The van der Waals surface area contributed by atoms with Gasteiger partial charge in [-0.25, -0.2) is 4.98 Å². The third-order valence-electron chi connectivity index (χ3n) is 1.67.